The summed E-state index contributed by atoms with van der Waals surface area (Å²) >= 11 is 12.0. The van der Waals surface area contributed by atoms with Crippen LogP contribution in [0.25, 0.3) is 0 Å². The Bertz CT molecular complexity index is 1010. The Balaban J connectivity index is 1.36. The van der Waals surface area contributed by atoms with Crippen molar-refractivity contribution in [1.82, 2.24) is 9.62 Å². The molecule has 2 aromatic rings. The number of sulfonamides is 1. The van der Waals surface area contributed by atoms with Crippen LogP contribution in [0.2, 0.25) is 10.0 Å². The van der Waals surface area contributed by atoms with E-state index in [0.717, 1.165) is 68.8 Å². The standard InChI is InChI=1S/C23H27Cl2FN2O2S/c24-18-6-4-16(5-7-18)14-17-10-12-28(13-11-17)22-3-1-2-21(22)27-31(29,30)23-9-8-19(26)15-20(23)25/h4-9,15,17,21-22,27H,1-3,10-14H2/t21-,22-/m1/s1. The van der Waals surface area contributed by atoms with E-state index >= 15 is 0 Å². The lowest BCUT2D eigenvalue weighted by Gasteiger charge is -2.38. The minimum Gasteiger partial charge on any atom is -0.299 e. The first-order chi connectivity index (χ1) is 14.8. The van der Waals surface area contributed by atoms with Gasteiger partial charge in [-0.1, -0.05) is 41.8 Å². The summed E-state index contributed by atoms with van der Waals surface area (Å²) in [5, 5.41) is 0.667. The summed E-state index contributed by atoms with van der Waals surface area (Å²) in [6.45, 7) is 1.94. The topological polar surface area (TPSA) is 49.4 Å². The van der Waals surface area contributed by atoms with E-state index in [1.54, 1.807) is 0 Å². The van der Waals surface area contributed by atoms with Gasteiger partial charge in [0.15, 0.2) is 0 Å². The number of nitrogens with one attached hydrogen (secondary N) is 1. The molecule has 1 saturated carbocycles. The Morgan fingerprint density at radius 1 is 1.00 bits per heavy atom. The number of nitrogens with zero attached hydrogens (tertiary/aromatic N) is 1. The second kappa shape index (κ2) is 9.75. The van der Waals surface area contributed by atoms with Crippen molar-refractivity contribution in [3.63, 3.8) is 0 Å². The van der Waals surface area contributed by atoms with Gasteiger partial charge < -0.3 is 0 Å². The molecule has 31 heavy (non-hydrogen) atoms. The fourth-order valence-electron chi connectivity index (χ4n) is 4.91. The third kappa shape index (κ3) is 5.60. The van der Waals surface area contributed by atoms with Crippen LogP contribution in [0.1, 0.15) is 37.7 Å². The first kappa shape index (κ1) is 23.0. The predicted octanol–water partition coefficient (Wildman–Crippen LogP) is 5.29. The van der Waals surface area contributed by atoms with Crippen LogP contribution in [0, 0.1) is 11.7 Å². The van der Waals surface area contributed by atoms with Crippen molar-refractivity contribution < 1.29 is 12.8 Å². The van der Waals surface area contributed by atoms with Crippen molar-refractivity contribution in [2.45, 2.75) is 55.5 Å². The van der Waals surface area contributed by atoms with Crippen molar-refractivity contribution in [1.29, 1.82) is 0 Å². The van der Waals surface area contributed by atoms with Gasteiger partial charge in [0.05, 0.1) is 5.02 Å². The van der Waals surface area contributed by atoms with Crippen molar-refractivity contribution in [2.24, 2.45) is 5.92 Å². The second-order valence-corrected chi connectivity index (χ2v) is 11.1. The van der Waals surface area contributed by atoms with E-state index in [4.69, 9.17) is 23.2 Å². The minimum absolute atomic E-state index is 0.0668. The lowest BCUT2D eigenvalue weighted by molar-refractivity contribution is 0.122. The van der Waals surface area contributed by atoms with Crippen molar-refractivity contribution in [3.05, 3.63) is 63.9 Å². The number of hydrogen-bond acceptors (Lipinski definition) is 3. The lowest BCUT2D eigenvalue weighted by atomic mass is 9.89. The maximum atomic E-state index is 13.3. The van der Waals surface area contributed by atoms with Gasteiger partial charge in [-0.15, -0.1) is 0 Å². The highest BCUT2D eigenvalue weighted by Gasteiger charge is 2.37. The highest BCUT2D eigenvalue weighted by Crippen LogP contribution is 2.31. The third-order valence-corrected chi connectivity index (χ3v) is 8.75. The molecule has 4 nitrogen and oxygen atoms in total. The summed E-state index contributed by atoms with van der Waals surface area (Å²) in [5.41, 5.74) is 1.31. The zero-order chi connectivity index (χ0) is 22.0. The number of halogens is 3. The summed E-state index contributed by atoms with van der Waals surface area (Å²) in [6, 6.07) is 11.5. The molecule has 1 saturated heterocycles. The van der Waals surface area contributed by atoms with Gasteiger partial charge in [0.2, 0.25) is 10.0 Å². The molecule has 168 valence electrons. The average Bonchev–Trinajstić information content (AvgIpc) is 3.17. The van der Waals surface area contributed by atoms with Crippen LogP contribution in [0.15, 0.2) is 47.4 Å². The molecule has 8 heteroatoms. The van der Waals surface area contributed by atoms with E-state index in [2.05, 4.69) is 21.8 Å². The van der Waals surface area contributed by atoms with Crippen LogP contribution in [-0.2, 0) is 16.4 Å². The monoisotopic (exact) mass is 484 g/mol. The summed E-state index contributed by atoms with van der Waals surface area (Å²) in [6.07, 6.45) is 6.01. The average molecular weight is 485 g/mol. The zero-order valence-corrected chi connectivity index (χ0v) is 19.6. The molecule has 1 N–H and O–H groups in total. The molecule has 0 radical (unpaired) electrons. The van der Waals surface area contributed by atoms with Gasteiger partial charge >= 0.3 is 0 Å². The Hall–Kier alpha value is -1.18. The molecule has 2 aromatic carbocycles. The number of hydrogen-bond donors (Lipinski definition) is 1. The Morgan fingerprint density at radius 3 is 2.39 bits per heavy atom. The van der Waals surface area contributed by atoms with E-state index in [9.17, 15) is 12.8 Å². The minimum atomic E-state index is -3.80. The zero-order valence-electron chi connectivity index (χ0n) is 17.2. The van der Waals surface area contributed by atoms with Gasteiger partial charge in [-0.05, 0) is 87.0 Å². The number of piperidine rings is 1. The van der Waals surface area contributed by atoms with E-state index in [0.29, 0.717) is 5.92 Å². The number of likely N-dealkylation sites (tertiary alicyclic amines) is 1. The van der Waals surface area contributed by atoms with Crippen LogP contribution in [-0.4, -0.2) is 38.5 Å². The molecule has 2 fully saturated rings. The summed E-state index contributed by atoms with van der Waals surface area (Å²) in [7, 11) is -3.80. The molecule has 0 spiro atoms. The number of rotatable bonds is 6. The van der Waals surface area contributed by atoms with Gasteiger partial charge in [-0.2, -0.15) is 0 Å². The van der Waals surface area contributed by atoms with Gasteiger partial charge in [0.1, 0.15) is 10.7 Å². The second-order valence-electron chi connectivity index (χ2n) is 8.61. The molecule has 4 rings (SSSR count). The molecule has 0 amide bonds. The Kier molecular flexibility index (Phi) is 7.24. The van der Waals surface area contributed by atoms with Crippen LogP contribution in [0.4, 0.5) is 4.39 Å². The van der Waals surface area contributed by atoms with E-state index in [1.165, 1.54) is 11.6 Å². The fourth-order valence-corrected chi connectivity index (χ4v) is 6.87. The maximum absolute atomic E-state index is 13.3. The molecule has 1 heterocycles. The molecule has 0 bridgehead atoms. The largest absolute Gasteiger partial charge is 0.299 e. The SMILES string of the molecule is O=S(=O)(N[C@@H]1CCC[C@H]1N1CCC(Cc2ccc(Cl)cc2)CC1)c1ccc(F)cc1Cl. The highest BCUT2D eigenvalue weighted by atomic mass is 35.5. The highest BCUT2D eigenvalue weighted by molar-refractivity contribution is 7.89. The molecule has 1 aliphatic heterocycles. The van der Waals surface area contributed by atoms with Gasteiger partial charge in [0, 0.05) is 17.1 Å². The molecule has 0 unspecified atom stereocenters. The molecular weight excluding hydrogens is 458 g/mol. The van der Waals surface area contributed by atoms with Gasteiger partial charge in [-0.25, -0.2) is 17.5 Å². The third-order valence-electron chi connectivity index (χ3n) is 6.53. The van der Waals surface area contributed by atoms with Crippen molar-refractivity contribution in [3.8, 4) is 0 Å². The first-order valence-corrected chi connectivity index (χ1v) is 13.0. The molecule has 2 aliphatic rings. The quantitative estimate of drug-likeness (QED) is 0.605. The Morgan fingerprint density at radius 2 is 1.71 bits per heavy atom. The maximum Gasteiger partial charge on any atom is 0.242 e. The van der Waals surface area contributed by atoms with Crippen LogP contribution in [0.3, 0.4) is 0 Å². The predicted molar refractivity (Wildman–Crippen MR) is 123 cm³/mol. The van der Waals surface area contributed by atoms with E-state index in [1.807, 2.05) is 12.1 Å². The normalized spacial score (nSPS) is 23.3. The van der Waals surface area contributed by atoms with Crippen LogP contribution >= 0.6 is 23.2 Å². The smallest absolute Gasteiger partial charge is 0.242 e. The molecule has 0 aromatic heterocycles. The van der Waals surface area contributed by atoms with Crippen LogP contribution < -0.4 is 4.72 Å². The summed E-state index contributed by atoms with van der Waals surface area (Å²) in [5.74, 6) is 0.0798. The summed E-state index contributed by atoms with van der Waals surface area (Å²) in [4.78, 5) is 2.37. The molecule has 1 aliphatic carbocycles. The Labute approximate surface area is 193 Å². The lowest BCUT2D eigenvalue weighted by Crippen LogP contribution is -2.51. The number of benzene rings is 2. The van der Waals surface area contributed by atoms with Gasteiger partial charge in [-0.3, -0.25) is 4.90 Å². The fraction of sp³-hybridized carbons (Fsp3) is 0.478. The molecular formula is C23H27Cl2FN2O2S. The van der Waals surface area contributed by atoms with Crippen molar-refractivity contribution >= 4 is 33.2 Å². The van der Waals surface area contributed by atoms with Gasteiger partial charge in [0.25, 0.3) is 0 Å². The van der Waals surface area contributed by atoms with Crippen molar-refractivity contribution in [2.75, 3.05) is 13.1 Å². The van der Waals surface area contributed by atoms with E-state index < -0.39 is 15.8 Å². The van der Waals surface area contributed by atoms with Crippen LogP contribution in [0.5, 0.6) is 0 Å². The molecule has 2 atom stereocenters. The van der Waals surface area contributed by atoms with E-state index in [-0.39, 0.29) is 22.0 Å². The summed E-state index contributed by atoms with van der Waals surface area (Å²) < 4.78 is 41.9. The first-order valence-electron chi connectivity index (χ1n) is 10.8.